The summed E-state index contributed by atoms with van der Waals surface area (Å²) >= 11 is 3.37. The van der Waals surface area contributed by atoms with Crippen LogP contribution >= 0.6 is 15.9 Å². The molecule has 0 spiro atoms. The standard InChI is InChI=1S/C14H10BrN3O2/c15-9-5-7-10(8-6-9)16-14-18-17-13(20-14)11-3-1-2-4-12(11)19/h1-8,19H,(H,16,18). The maximum absolute atomic E-state index is 9.74. The van der Waals surface area contributed by atoms with Crippen LogP contribution in [-0.2, 0) is 0 Å². The lowest BCUT2D eigenvalue weighted by molar-refractivity contribution is 0.473. The normalized spacial score (nSPS) is 10.4. The molecule has 100 valence electrons. The number of nitrogens with one attached hydrogen (secondary N) is 1. The maximum atomic E-state index is 9.74. The van der Waals surface area contributed by atoms with Gasteiger partial charge in [-0.15, -0.1) is 5.10 Å². The van der Waals surface area contributed by atoms with E-state index in [1.807, 2.05) is 24.3 Å². The first-order valence-corrected chi connectivity index (χ1v) is 6.66. The number of halogens is 1. The van der Waals surface area contributed by atoms with Crippen molar-refractivity contribution in [1.29, 1.82) is 0 Å². The van der Waals surface area contributed by atoms with E-state index in [1.165, 1.54) is 0 Å². The third-order valence-electron chi connectivity index (χ3n) is 2.65. The lowest BCUT2D eigenvalue weighted by Crippen LogP contribution is -1.89. The average Bonchev–Trinajstić information content (AvgIpc) is 2.90. The Bertz CT molecular complexity index is 725. The summed E-state index contributed by atoms with van der Waals surface area (Å²) in [6.07, 6.45) is 0. The quantitative estimate of drug-likeness (QED) is 0.760. The predicted molar refractivity (Wildman–Crippen MR) is 78.8 cm³/mol. The van der Waals surface area contributed by atoms with Crippen molar-refractivity contribution >= 4 is 27.6 Å². The number of phenolic OH excluding ortho intramolecular Hbond substituents is 1. The second-order valence-electron chi connectivity index (χ2n) is 4.06. The zero-order valence-corrected chi connectivity index (χ0v) is 11.8. The van der Waals surface area contributed by atoms with Gasteiger partial charge in [0, 0.05) is 10.2 Å². The van der Waals surface area contributed by atoms with Crippen molar-refractivity contribution in [2.24, 2.45) is 0 Å². The van der Waals surface area contributed by atoms with Gasteiger partial charge in [-0.3, -0.25) is 0 Å². The average molecular weight is 332 g/mol. The minimum absolute atomic E-state index is 0.103. The molecule has 0 aliphatic rings. The molecule has 0 radical (unpaired) electrons. The molecule has 0 unspecified atom stereocenters. The summed E-state index contributed by atoms with van der Waals surface area (Å²) in [5, 5.41) is 20.6. The first-order valence-electron chi connectivity index (χ1n) is 5.87. The highest BCUT2D eigenvalue weighted by Crippen LogP contribution is 2.29. The molecule has 0 fully saturated rings. The summed E-state index contributed by atoms with van der Waals surface area (Å²) < 4.78 is 6.47. The highest BCUT2D eigenvalue weighted by Gasteiger charge is 2.11. The van der Waals surface area contributed by atoms with Gasteiger partial charge in [0.2, 0.25) is 0 Å². The van der Waals surface area contributed by atoms with E-state index in [1.54, 1.807) is 24.3 Å². The molecule has 0 saturated carbocycles. The maximum Gasteiger partial charge on any atom is 0.320 e. The SMILES string of the molecule is Oc1ccccc1-c1nnc(Nc2ccc(Br)cc2)o1. The van der Waals surface area contributed by atoms with Crippen molar-refractivity contribution in [1.82, 2.24) is 10.2 Å². The molecule has 6 heteroatoms. The van der Waals surface area contributed by atoms with Gasteiger partial charge in [-0.25, -0.2) is 0 Å². The number of benzene rings is 2. The van der Waals surface area contributed by atoms with Crippen LogP contribution in [0.2, 0.25) is 0 Å². The highest BCUT2D eigenvalue weighted by atomic mass is 79.9. The lowest BCUT2D eigenvalue weighted by Gasteiger charge is -2.00. The molecular weight excluding hydrogens is 322 g/mol. The highest BCUT2D eigenvalue weighted by molar-refractivity contribution is 9.10. The van der Waals surface area contributed by atoms with Gasteiger partial charge in [0.1, 0.15) is 5.75 Å². The molecule has 2 N–H and O–H groups in total. The number of aromatic hydroxyl groups is 1. The molecular formula is C14H10BrN3O2. The molecule has 0 bridgehead atoms. The second kappa shape index (κ2) is 5.34. The van der Waals surface area contributed by atoms with Gasteiger partial charge in [0.15, 0.2) is 0 Å². The molecule has 20 heavy (non-hydrogen) atoms. The Hall–Kier alpha value is -2.34. The van der Waals surface area contributed by atoms with Crippen molar-refractivity contribution in [3.63, 3.8) is 0 Å². The van der Waals surface area contributed by atoms with Gasteiger partial charge in [-0.2, -0.15) is 0 Å². The minimum Gasteiger partial charge on any atom is -0.507 e. The van der Waals surface area contributed by atoms with Crippen LogP contribution in [0.5, 0.6) is 5.75 Å². The predicted octanol–water partition coefficient (Wildman–Crippen LogP) is 3.95. The van der Waals surface area contributed by atoms with Gasteiger partial charge >= 0.3 is 6.01 Å². The van der Waals surface area contributed by atoms with E-state index >= 15 is 0 Å². The van der Waals surface area contributed by atoms with Crippen LogP contribution < -0.4 is 5.32 Å². The smallest absolute Gasteiger partial charge is 0.320 e. The van der Waals surface area contributed by atoms with Crippen LogP contribution in [0, 0.1) is 0 Å². The molecule has 0 saturated heterocycles. The molecule has 1 aromatic heterocycles. The first-order chi connectivity index (χ1) is 9.72. The van der Waals surface area contributed by atoms with Crippen LogP contribution in [0.15, 0.2) is 57.4 Å². The Labute approximate surface area is 123 Å². The summed E-state index contributed by atoms with van der Waals surface area (Å²) in [4.78, 5) is 0. The topological polar surface area (TPSA) is 71.2 Å². The number of hydrogen-bond donors (Lipinski definition) is 2. The number of aromatic nitrogens is 2. The van der Waals surface area contributed by atoms with Gasteiger partial charge in [-0.1, -0.05) is 33.2 Å². The molecule has 0 aliphatic heterocycles. The van der Waals surface area contributed by atoms with E-state index in [2.05, 4.69) is 31.4 Å². The van der Waals surface area contributed by atoms with Gasteiger partial charge in [0.25, 0.3) is 5.89 Å². The molecule has 0 amide bonds. The molecule has 0 aliphatic carbocycles. The Kier molecular flexibility index (Phi) is 3.39. The van der Waals surface area contributed by atoms with Crippen molar-refractivity contribution in [2.45, 2.75) is 0 Å². The first kappa shape index (κ1) is 12.7. The number of rotatable bonds is 3. The third kappa shape index (κ3) is 2.65. The molecule has 5 nitrogen and oxygen atoms in total. The monoisotopic (exact) mass is 331 g/mol. The summed E-state index contributed by atoms with van der Waals surface area (Å²) in [6, 6.07) is 14.7. The molecule has 3 aromatic rings. The number of phenols is 1. The van der Waals surface area contributed by atoms with Crippen LogP contribution in [-0.4, -0.2) is 15.3 Å². The number of para-hydroxylation sites is 1. The van der Waals surface area contributed by atoms with E-state index in [0.717, 1.165) is 10.2 Å². The summed E-state index contributed by atoms with van der Waals surface area (Å²) in [5.74, 6) is 0.369. The molecule has 2 aromatic carbocycles. The summed E-state index contributed by atoms with van der Waals surface area (Å²) in [6.45, 7) is 0. The fraction of sp³-hybridized carbons (Fsp3) is 0. The number of hydrogen-bond acceptors (Lipinski definition) is 5. The Balaban J connectivity index is 1.84. The second-order valence-corrected chi connectivity index (χ2v) is 4.98. The fourth-order valence-electron chi connectivity index (χ4n) is 1.69. The van der Waals surface area contributed by atoms with Crippen molar-refractivity contribution in [3.8, 4) is 17.2 Å². The molecule has 0 atom stereocenters. The van der Waals surface area contributed by atoms with Crippen LogP contribution in [0.25, 0.3) is 11.5 Å². The van der Waals surface area contributed by atoms with E-state index in [4.69, 9.17) is 4.42 Å². The Morgan fingerprint density at radius 3 is 2.50 bits per heavy atom. The largest absolute Gasteiger partial charge is 0.507 e. The Morgan fingerprint density at radius 1 is 1.00 bits per heavy atom. The van der Waals surface area contributed by atoms with Crippen molar-refractivity contribution < 1.29 is 9.52 Å². The van der Waals surface area contributed by atoms with E-state index < -0.39 is 0 Å². The van der Waals surface area contributed by atoms with Gasteiger partial charge in [-0.05, 0) is 36.4 Å². The summed E-state index contributed by atoms with van der Waals surface area (Å²) in [5.41, 5.74) is 1.34. The van der Waals surface area contributed by atoms with Crippen LogP contribution in [0.4, 0.5) is 11.7 Å². The lowest BCUT2D eigenvalue weighted by atomic mass is 10.2. The van der Waals surface area contributed by atoms with Gasteiger partial charge in [0.05, 0.1) is 5.56 Å². The fourth-order valence-corrected chi connectivity index (χ4v) is 1.96. The van der Waals surface area contributed by atoms with Crippen LogP contribution in [0.3, 0.4) is 0 Å². The number of anilines is 2. The number of nitrogens with zero attached hydrogens (tertiary/aromatic N) is 2. The van der Waals surface area contributed by atoms with Crippen molar-refractivity contribution in [2.75, 3.05) is 5.32 Å². The van der Waals surface area contributed by atoms with E-state index in [-0.39, 0.29) is 17.7 Å². The van der Waals surface area contributed by atoms with Crippen molar-refractivity contribution in [3.05, 3.63) is 53.0 Å². The zero-order chi connectivity index (χ0) is 13.9. The molecule has 1 heterocycles. The van der Waals surface area contributed by atoms with E-state index in [0.29, 0.717) is 5.56 Å². The van der Waals surface area contributed by atoms with Crippen LogP contribution in [0.1, 0.15) is 0 Å². The zero-order valence-electron chi connectivity index (χ0n) is 10.2. The van der Waals surface area contributed by atoms with E-state index in [9.17, 15) is 5.11 Å². The minimum atomic E-state index is 0.103. The Morgan fingerprint density at radius 2 is 1.75 bits per heavy atom. The summed E-state index contributed by atoms with van der Waals surface area (Å²) in [7, 11) is 0. The van der Waals surface area contributed by atoms with Gasteiger partial charge < -0.3 is 14.8 Å². The molecule has 3 rings (SSSR count). The third-order valence-corrected chi connectivity index (χ3v) is 3.18.